The number of hydrogen-bond donors (Lipinski definition) is 1. The molecule has 0 aromatic heterocycles. The summed E-state index contributed by atoms with van der Waals surface area (Å²) < 4.78 is 0. The molecule has 1 atom stereocenters. The zero-order chi connectivity index (χ0) is 14.0. The Morgan fingerprint density at radius 2 is 2.11 bits per heavy atom. The Morgan fingerprint density at radius 1 is 1.47 bits per heavy atom. The molecule has 4 nitrogen and oxygen atoms in total. The fraction of sp³-hybridized carbons (Fsp3) is 0.857. The fourth-order valence-corrected chi connectivity index (χ4v) is 4.06. The van der Waals surface area contributed by atoms with Gasteiger partial charge >= 0.3 is 0 Å². The molecule has 1 unspecified atom stereocenters. The number of carbonyl (C=O) groups excluding carboxylic acids is 1. The Kier molecular flexibility index (Phi) is 4.43. The van der Waals surface area contributed by atoms with Gasteiger partial charge in [-0.1, -0.05) is 18.7 Å². The normalized spacial score (nSPS) is 34.3. The van der Waals surface area contributed by atoms with E-state index < -0.39 is 0 Å². The van der Waals surface area contributed by atoms with Gasteiger partial charge in [-0.25, -0.2) is 4.99 Å². The van der Waals surface area contributed by atoms with Gasteiger partial charge in [0.1, 0.15) is 6.04 Å². The molecule has 1 aliphatic carbocycles. The molecule has 108 valence electrons. The average Bonchev–Trinajstić information content (AvgIpc) is 2.75. The van der Waals surface area contributed by atoms with E-state index in [1.165, 1.54) is 25.7 Å². The first-order valence-electron chi connectivity index (χ1n) is 7.12. The number of nitrogens with one attached hydrogen (secondary N) is 1. The largest absolute Gasteiger partial charge is 0.359 e. The molecule has 2 rings (SSSR count). The molecule has 1 spiro atoms. The molecule has 1 saturated heterocycles. The number of amides is 1. The topological polar surface area (TPSA) is 44.7 Å². The number of thioether (sulfide) groups is 1. The summed E-state index contributed by atoms with van der Waals surface area (Å²) in [7, 11) is 3.55. The molecule has 2 aliphatic rings. The smallest absolute Gasteiger partial charge is 0.246 e. The third-order valence-electron chi connectivity index (χ3n) is 4.20. The lowest BCUT2D eigenvalue weighted by Gasteiger charge is -2.35. The van der Waals surface area contributed by atoms with Crippen molar-refractivity contribution in [3.05, 3.63) is 0 Å². The summed E-state index contributed by atoms with van der Waals surface area (Å²) in [6.45, 7) is 4.20. The molecular weight excluding hydrogens is 258 g/mol. The molecule has 0 bridgehead atoms. The Balaban J connectivity index is 1.96. The first-order valence-corrected chi connectivity index (χ1v) is 8.10. The summed E-state index contributed by atoms with van der Waals surface area (Å²) in [6, 6.07) is -0.289. The molecule has 1 heterocycles. The van der Waals surface area contributed by atoms with Gasteiger partial charge in [-0.05, 0) is 38.5 Å². The maximum Gasteiger partial charge on any atom is 0.246 e. The number of rotatable bonds is 2. The highest BCUT2D eigenvalue weighted by Crippen LogP contribution is 2.38. The van der Waals surface area contributed by atoms with Crippen molar-refractivity contribution in [3.8, 4) is 0 Å². The number of carbonyl (C=O) groups is 1. The van der Waals surface area contributed by atoms with Gasteiger partial charge in [0.05, 0.1) is 0 Å². The lowest BCUT2D eigenvalue weighted by molar-refractivity contribution is -0.129. The van der Waals surface area contributed by atoms with Crippen LogP contribution in [0.4, 0.5) is 0 Å². The molecular formula is C14H25N3OS. The summed E-state index contributed by atoms with van der Waals surface area (Å²) in [6.07, 6.45) is 5.06. The predicted octanol–water partition coefficient (Wildman–Crippen LogP) is 2.10. The van der Waals surface area contributed by atoms with Crippen LogP contribution < -0.4 is 5.32 Å². The molecule has 0 radical (unpaired) electrons. The molecule has 2 fully saturated rings. The average molecular weight is 283 g/mol. The van der Waals surface area contributed by atoms with Crippen molar-refractivity contribution in [1.82, 2.24) is 10.2 Å². The molecule has 1 N–H and O–H groups in total. The second-order valence-electron chi connectivity index (χ2n) is 6.22. The van der Waals surface area contributed by atoms with Crippen molar-refractivity contribution in [1.29, 1.82) is 0 Å². The van der Waals surface area contributed by atoms with E-state index in [2.05, 4.69) is 17.2 Å². The van der Waals surface area contributed by atoms with Crippen molar-refractivity contribution in [2.24, 2.45) is 10.9 Å². The lowest BCUT2D eigenvalue weighted by Crippen LogP contribution is -2.46. The van der Waals surface area contributed by atoms with Gasteiger partial charge in [0.2, 0.25) is 5.91 Å². The van der Waals surface area contributed by atoms with E-state index in [1.54, 1.807) is 30.8 Å². The van der Waals surface area contributed by atoms with E-state index in [4.69, 9.17) is 0 Å². The van der Waals surface area contributed by atoms with Crippen LogP contribution in [-0.2, 0) is 4.79 Å². The van der Waals surface area contributed by atoms with Crippen LogP contribution in [0.5, 0.6) is 0 Å². The van der Waals surface area contributed by atoms with Gasteiger partial charge < -0.3 is 10.2 Å². The van der Waals surface area contributed by atoms with E-state index in [1.807, 2.05) is 6.92 Å². The van der Waals surface area contributed by atoms with Crippen LogP contribution >= 0.6 is 11.8 Å². The summed E-state index contributed by atoms with van der Waals surface area (Å²) in [5, 5.41) is 4.55. The second kappa shape index (κ2) is 5.73. The van der Waals surface area contributed by atoms with Crippen LogP contribution in [-0.4, -0.2) is 47.4 Å². The Bertz CT molecular complexity index is 373. The minimum absolute atomic E-state index is 0.0631. The first-order chi connectivity index (χ1) is 8.92. The Hall–Kier alpha value is -0.710. The zero-order valence-electron chi connectivity index (χ0n) is 12.4. The van der Waals surface area contributed by atoms with Crippen LogP contribution in [0.25, 0.3) is 0 Å². The molecule has 5 heteroatoms. The third-order valence-corrected chi connectivity index (χ3v) is 5.38. The fourth-order valence-electron chi connectivity index (χ4n) is 2.76. The standard InChI is InChI=1S/C14H25N3OS/c1-10-5-7-14(8-6-10)9-19-13(16-14)15-11(2)12(18)17(3)4/h10-11H,5-9H2,1-4H3,(H,15,16). The third kappa shape index (κ3) is 3.44. The molecule has 0 aromatic carbocycles. The summed E-state index contributed by atoms with van der Waals surface area (Å²) >= 11 is 1.77. The van der Waals surface area contributed by atoms with Crippen LogP contribution in [0, 0.1) is 5.92 Å². The zero-order valence-corrected chi connectivity index (χ0v) is 13.2. The van der Waals surface area contributed by atoms with Gasteiger partial charge in [-0.3, -0.25) is 4.79 Å². The minimum Gasteiger partial charge on any atom is -0.359 e. The number of amidine groups is 1. The number of hydrogen-bond acceptors (Lipinski definition) is 3. The highest BCUT2D eigenvalue weighted by atomic mass is 32.2. The van der Waals surface area contributed by atoms with E-state index in [9.17, 15) is 4.79 Å². The highest BCUT2D eigenvalue weighted by Gasteiger charge is 2.39. The van der Waals surface area contributed by atoms with Crippen molar-refractivity contribution in [2.45, 2.75) is 51.1 Å². The van der Waals surface area contributed by atoms with Crippen molar-refractivity contribution in [2.75, 3.05) is 19.8 Å². The van der Waals surface area contributed by atoms with E-state index in [0.717, 1.165) is 16.8 Å². The van der Waals surface area contributed by atoms with Gasteiger partial charge in [0.25, 0.3) is 0 Å². The van der Waals surface area contributed by atoms with Gasteiger partial charge in [-0.15, -0.1) is 0 Å². The summed E-state index contributed by atoms with van der Waals surface area (Å²) in [4.78, 5) is 18.0. The number of nitrogens with zero attached hydrogens (tertiary/aromatic N) is 2. The summed E-state index contributed by atoms with van der Waals surface area (Å²) in [5.41, 5.74) is 0.247. The van der Waals surface area contributed by atoms with Crippen molar-refractivity contribution >= 4 is 22.8 Å². The molecule has 0 aromatic rings. The predicted molar refractivity (Wildman–Crippen MR) is 81.5 cm³/mol. The van der Waals surface area contributed by atoms with Crippen LogP contribution in [0.1, 0.15) is 39.5 Å². The second-order valence-corrected chi connectivity index (χ2v) is 7.18. The monoisotopic (exact) mass is 283 g/mol. The van der Waals surface area contributed by atoms with E-state index in [0.29, 0.717) is 0 Å². The number of aliphatic imine (C=N–C) groups is 1. The van der Waals surface area contributed by atoms with Gasteiger partial charge in [-0.2, -0.15) is 0 Å². The first kappa shape index (κ1) is 14.7. The number of likely N-dealkylation sites (N-methyl/N-ethyl adjacent to an activating group) is 1. The molecule has 19 heavy (non-hydrogen) atoms. The maximum absolute atomic E-state index is 11.8. The maximum atomic E-state index is 11.8. The SMILES string of the molecule is CC1CCC2(CC1)CSC(=NC(C)C(=O)N(C)C)N2. The lowest BCUT2D eigenvalue weighted by atomic mass is 9.78. The highest BCUT2D eigenvalue weighted by molar-refractivity contribution is 8.14. The molecule has 1 aliphatic heterocycles. The van der Waals surface area contributed by atoms with E-state index in [-0.39, 0.29) is 17.5 Å². The Morgan fingerprint density at radius 3 is 2.68 bits per heavy atom. The quantitative estimate of drug-likeness (QED) is 0.844. The molecule has 1 saturated carbocycles. The van der Waals surface area contributed by atoms with Crippen molar-refractivity contribution < 1.29 is 4.79 Å². The van der Waals surface area contributed by atoms with Crippen LogP contribution in [0.2, 0.25) is 0 Å². The van der Waals surface area contributed by atoms with Crippen molar-refractivity contribution in [3.63, 3.8) is 0 Å². The van der Waals surface area contributed by atoms with Gasteiger partial charge in [0, 0.05) is 25.4 Å². The Labute approximate surface area is 120 Å². The van der Waals surface area contributed by atoms with E-state index >= 15 is 0 Å². The van der Waals surface area contributed by atoms with Crippen LogP contribution in [0.15, 0.2) is 4.99 Å². The molecule has 1 amide bonds. The van der Waals surface area contributed by atoms with Crippen LogP contribution in [0.3, 0.4) is 0 Å². The minimum atomic E-state index is -0.289. The summed E-state index contributed by atoms with van der Waals surface area (Å²) in [5.74, 6) is 2.02. The van der Waals surface area contributed by atoms with Gasteiger partial charge in [0.15, 0.2) is 5.17 Å².